The Kier molecular flexibility index (Phi) is 6.86. The number of carbonyl (C=O) groups is 2. The second-order valence-corrected chi connectivity index (χ2v) is 7.74. The van der Waals surface area contributed by atoms with Gasteiger partial charge in [-0.3, -0.25) is 9.78 Å². The van der Waals surface area contributed by atoms with Gasteiger partial charge in [0, 0.05) is 24.0 Å². The smallest absolute Gasteiger partial charge is 0.335 e. The maximum absolute atomic E-state index is 11.0. The molecule has 3 N–H and O–H groups in total. The Bertz CT molecular complexity index is 879. The third-order valence-electron chi connectivity index (χ3n) is 5.31. The van der Waals surface area contributed by atoms with Crippen LogP contribution in [0, 0.1) is 0 Å². The van der Waals surface area contributed by atoms with Crippen LogP contribution >= 0.6 is 11.6 Å². The molecular weight excluding hydrogens is 378 g/mol. The van der Waals surface area contributed by atoms with Crippen molar-refractivity contribution in [2.75, 3.05) is 19.6 Å². The SMILES string of the molecule is NC(=O)CCN1CCCC1.O=C(O)c1ccc2c(Cl)c3c(nc2c1)CCCC3. The summed E-state index contributed by atoms with van der Waals surface area (Å²) in [5.74, 6) is -1.13. The van der Waals surface area contributed by atoms with Gasteiger partial charge in [-0.2, -0.15) is 0 Å². The van der Waals surface area contributed by atoms with Crippen LogP contribution in [0.3, 0.4) is 0 Å². The van der Waals surface area contributed by atoms with Gasteiger partial charge in [0.05, 0.1) is 16.1 Å². The van der Waals surface area contributed by atoms with Crippen LogP contribution in [0.4, 0.5) is 0 Å². The van der Waals surface area contributed by atoms with Gasteiger partial charge in [-0.25, -0.2) is 4.79 Å². The number of likely N-dealkylation sites (tertiary alicyclic amines) is 1. The monoisotopic (exact) mass is 403 g/mol. The minimum absolute atomic E-state index is 0.188. The third-order valence-corrected chi connectivity index (χ3v) is 5.75. The predicted molar refractivity (Wildman–Crippen MR) is 110 cm³/mol. The molecule has 1 aromatic carbocycles. The highest BCUT2D eigenvalue weighted by Gasteiger charge is 2.17. The standard InChI is InChI=1S/C14H12ClNO2.C7H14N2O/c15-13-9-3-1-2-4-11(9)16-12-7-8(14(17)18)5-6-10(12)13;8-7(10)3-6-9-4-1-2-5-9/h5-7H,1-4H2,(H,17,18);1-6H2,(H2,8,10). The van der Waals surface area contributed by atoms with E-state index in [2.05, 4.69) is 9.88 Å². The van der Waals surface area contributed by atoms with Crippen molar-refractivity contribution in [2.24, 2.45) is 5.73 Å². The van der Waals surface area contributed by atoms with Gasteiger partial charge in [0.25, 0.3) is 0 Å². The first-order chi connectivity index (χ1) is 13.5. The zero-order valence-electron chi connectivity index (χ0n) is 15.9. The average molecular weight is 404 g/mol. The summed E-state index contributed by atoms with van der Waals surface area (Å²) >= 11 is 6.40. The number of carboxylic acid groups (broad SMARTS) is 1. The second-order valence-electron chi connectivity index (χ2n) is 7.36. The Morgan fingerprint density at radius 2 is 1.86 bits per heavy atom. The van der Waals surface area contributed by atoms with Gasteiger partial charge in [-0.1, -0.05) is 17.7 Å². The molecule has 0 saturated carbocycles. The topological polar surface area (TPSA) is 96.5 Å². The number of hydrogen-bond donors (Lipinski definition) is 2. The largest absolute Gasteiger partial charge is 0.478 e. The average Bonchev–Trinajstić information content (AvgIpc) is 3.20. The molecule has 0 unspecified atom stereocenters. The molecule has 1 aliphatic carbocycles. The summed E-state index contributed by atoms with van der Waals surface area (Å²) in [5, 5.41) is 10.6. The number of halogens is 1. The van der Waals surface area contributed by atoms with Crippen molar-refractivity contribution in [1.82, 2.24) is 9.88 Å². The number of carboxylic acids is 1. The lowest BCUT2D eigenvalue weighted by Crippen LogP contribution is -2.25. The maximum atomic E-state index is 11.0. The van der Waals surface area contributed by atoms with E-state index in [-0.39, 0.29) is 11.5 Å². The molecule has 7 heteroatoms. The van der Waals surface area contributed by atoms with Crippen molar-refractivity contribution in [2.45, 2.75) is 44.9 Å². The highest BCUT2D eigenvalue weighted by molar-refractivity contribution is 6.36. The third kappa shape index (κ3) is 5.00. The van der Waals surface area contributed by atoms with Gasteiger partial charge in [0.15, 0.2) is 0 Å². The number of benzene rings is 1. The fourth-order valence-corrected chi connectivity index (χ4v) is 4.14. The fraction of sp³-hybridized carbons (Fsp3) is 0.476. The molecule has 0 bridgehead atoms. The van der Waals surface area contributed by atoms with Crippen LogP contribution < -0.4 is 5.73 Å². The van der Waals surface area contributed by atoms with Crippen molar-refractivity contribution in [3.05, 3.63) is 40.0 Å². The second kappa shape index (κ2) is 9.34. The van der Waals surface area contributed by atoms with E-state index in [1.807, 2.05) is 0 Å². The van der Waals surface area contributed by atoms with Crippen molar-refractivity contribution in [3.63, 3.8) is 0 Å². The number of nitrogens with zero attached hydrogens (tertiary/aromatic N) is 2. The van der Waals surface area contributed by atoms with Gasteiger partial charge >= 0.3 is 5.97 Å². The van der Waals surface area contributed by atoms with Crippen LogP contribution in [-0.2, 0) is 17.6 Å². The first kappa shape index (κ1) is 20.6. The van der Waals surface area contributed by atoms with Crippen LogP contribution in [0.5, 0.6) is 0 Å². The van der Waals surface area contributed by atoms with Gasteiger partial charge in [-0.05, 0) is 69.3 Å². The number of primary amides is 1. The Morgan fingerprint density at radius 3 is 2.54 bits per heavy atom. The molecule has 1 amide bonds. The first-order valence-corrected chi connectivity index (χ1v) is 10.2. The van der Waals surface area contributed by atoms with E-state index in [9.17, 15) is 9.59 Å². The van der Waals surface area contributed by atoms with E-state index in [1.165, 1.54) is 12.8 Å². The number of aryl methyl sites for hydroxylation is 1. The van der Waals surface area contributed by atoms with E-state index in [0.717, 1.165) is 67.0 Å². The Labute approximate surface area is 169 Å². The molecular formula is C21H26ClN3O3. The van der Waals surface area contributed by atoms with Crippen LogP contribution in [0.15, 0.2) is 18.2 Å². The highest BCUT2D eigenvalue weighted by Crippen LogP contribution is 2.33. The zero-order chi connectivity index (χ0) is 20.1. The summed E-state index contributed by atoms with van der Waals surface area (Å²) in [7, 11) is 0. The van der Waals surface area contributed by atoms with Crippen LogP contribution in [0.1, 0.15) is 53.7 Å². The fourth-order valence-electron chi connectivity index (χ4n) is 3.77. The molecule has 0 spiro atoms. The summed E-state index contributed by atoms with van der Waals surface area (Å²) in [6.07, 6.45) is 7.24. The number of aromatic nitrogens is 1. The van der Waals surface area contributed by atoms with Gasteiger partial charge in [0.2, 0.25) is 5.91 Å². The summed E-state index contributed by atoms with van der Waals surface area (Å²) in [6.45, 7) is 3.15. The molecule has 2 heterocycles. The van der Waals surface area contributed by atoms with Gasteiger partial charge in [-0.15, -0.1) is 0 Å². The lowest BCUT2D eigenvalue weighted by atomic mass is 9.94. The van der Waals surface area contributed by atoms with E-state index in [0.29, 0.717) is 11.9 Å². The lowest BCUT2D eigenvalue weighted by Gasteiger charge is -2.17. The molecule has 0 atom stereocenters. The van der Waals surface area contributed by atoms with Gasteiger partial charge in [0.1, 0.15) is 0 Å². The molecule has 0 radical (unpaired) electrons. The molecule has 1 fully saturated rings. The van der Waals surface area contributed by atoms with E-state index < -0.39 is 5.97 Å². The van der Waals surface area contributed by atoms with Crippen molar-refractivity contribution >= 4 is 34.4 Å². The van der Waals surface area contributed by atoms with Crippen LogP contribution in [0.25, 0.3) is 10.9 Å². The summed E-state index contributed by atoms with van der Waals surface area (Å²) in [6, 6.07) is 4.93. The molecule has 2 aliphatic rings. The summed E-state index contributed by atoms with van der Waals surface area (Å²) < 4.78 is 0. The van der Waals surface area contributed by atoms with E-state index >= 15 is 0 Å². The molecule has 150 valence electrons. The molecule has 1 saturated heterocycles. The number of hydrogen-bond acceptors (Lipinski definition) is 4. The van der Waals surface area contributed by atoms with Crippen molar-refractivity contribution in [1.29, 1.82) is 0 Å². The van der Waals surface area contributed by atoms with Crippen molar-refractivity contribution in [3.8, 4) is 0 Å². The van der Waals surface area contributed by atoms with E-state index in [4.69, 9.17) is 22.4 Å². The normalized spacial score (nSPS) is 16.3. The number of fused-ring (bicyclic) bond motifs is 2. The molecule has 1 aromatic heterocycles. The number of pyridine rings is 1. The Hall–Kier alpha value is -2.18. The van der Waals surface area contributed by atoms with E-state index in [1.54, 1.807) is 18.2 Å². The summed E-state index contributed by atoms with van der Waals surface area (Å²) in [5.41, 5.74) is 8.10. The van der Waals surface area contributed by atoms with Gasteiger partial charge < -0.3 is 15.7 Å². The Balaban J connectivity index is 0.000000192. The number of aromatic carboxylic acids is 1. The number of nitrogens with two attached hydrogens (primary N) is 1. The highest BCUT2D eigenvalue weighted by atomic mass is 35.5. The number of rotatable bonds is 4. The molecule has 28 heavy (non-hydrogen) atoms. The lowest BCUT2D eigenvalue weighted by molar-refractivity contribution is -0.118. The number of carbonyl (C=O) groups excluding carboxylic acids is 1. The summed E-state index contributed by atoms with van der Waals surface area (Å²) in [4.78, 5) is 28.2. The minimum atomic E-state index is -0.937. The van der Waals surface area contributed by atoms with Crippen LogP contribution in [-0.4, -0.2) is 46.5 Å². The molecule has 4 rings (SSSR count). The molecule has 2 aromatic rings. The molecule has 1 aliphatic heterocycles. The van der Waals surface area contributed by atoms with Crippen LogP contribution in [0.2, 0.25) is 5.02 Å². The quantitative estimate of drug-likeness (QED) is 0.815. The zero-order valence-corrected chi connectivity index (χ0v) is 16.7. The first-order valence-electron chi connectivity index (χ1n) is 9.80. The molecule has 6 nitrogen and oxygen atoms in total. The predicted octanol–water partition coefficient (Wildman–Crippen LogP) is 3.42. The maximum Gasteiger partial charge on any atom is 0.335 e. The number of amides is 1. The van der Waals surface area contributed by atoms with Crippen molar-refractivity contribution < 1.29 is 14.7 Å². The Morgan fingerprint density at radius 1 is 1.14 bits per heavy atom. The minimum Gasteiger partial charge on any atom is -0.478 e.